The molecule has 0 bridgehead atoms. The lowest BCUT2D eigenvalue weighted by molar-refractivity contribution is -0.164. The van der Waals surface area contributed by atoms with Crippen molar-refractivity contribution in [2.24, 2.45) is 23.2 Å². The molecule has 0 heterocycles. The maximum atomic E-state index is 13.8. The summed E-state index contributed by atoms with van der Waals surface area (Å²) in [5.74, 6) is -2.88. The van der Waals surface area contributed by atoms with E-state index in [0.29, 0.717) is 12.3 Å². The summed E-state index contributed by atoms with van der Waals surface area (Å²) in [6.07, 6.45) is 2.11. The second-order valence-corrected chi connectivity index (χ2v) is 9.47. The summed E-state index contributed by atoms with van der Waals surface area (Å²) in [6, 6.07) is 16.0. The smallest absolute Gasteiger partial charge is 0.336 e. The van der Waals surface area contributed by atoms with Gasteiger partial charge in [0.2, 0.25) is 0 Å². The third-order valence-corrected chi connectivity index (χ3v) is 6.81. The third-order valence-electron chi connectivity index (χ3n) is 6.81. The highest BCUT2D eigenvalue weighted by Gasteiger charge is 2.59. The first-order chi connectivity index (χ1) is 15.7. The van der Waals surface area contributed by atoms with Crippen LogP contribution in [0.5, 0.6) is 0 Å². The zero-order valence-electron chi connectivity index (χ0n) is 19.7. The van der Waals surface area contributed by atoms with E-state index >= 15 is 0 Å². The van der Waals surface area contributed by atoms with Crippen molar-refractivity contribution in [3.8, 4) is 0 Å². The molecule has 5 heteroatoms. The number of Topliss-reactive ketones (excluding diaryl/α,β-unsaturated/α-hetero) is 3. The van der Waals surface area contributed by atoms with E-state index in [1.807, 2.05) is 0 Å². The molecule has 0 aromatic heterocycles. The average Bonchev–Trinajstić information content (AvgIpc) is 2.80. The molecule has 33 heavy (non-hydrogen) atoms. The highest BCUT2D eigenvalue weighted by Crippen LogP contribution is 2.38. The van der Waals surface area contributed by atoms with E-state index in [1.54, 1.807) is 36.4 Å². The van der Waals surface area contributed by atoms with Gasteiger partial charge in [0, 0.05) is 11.1 Å². The molecule has 0 radical (unpaired) electrons. The highest BCUT2D eigenvalue weighted by atomic mass is 16.5. The van der Waals surface area contributed by atoms with Gasteiger partial charge in [-0.1, -0.05) is 87.9 Å². The highest BCUT2D eigenvalue weighted by molar-refractivity contribution is 6.43. The summed E-state index contributed by atoms with van der Waals surface area (Å²) < 4.78 is 5.95. The number of hydrogen-bond acceptors (Lipinski definition) is 5. The minimum absolute atomic E-state index is 0.105. The number of hydrogen-bond donors (Lipinski definition) is 0. The summed E-state index contributed by atoms with van der Waals surface area (Å²) in [5.41, 5.74) is -2.34. The summed E-state index contributed by atoms with van der Waals surface area (Å²) in [5, 5.41) is 0. The monoisotopic (exact) mass is 448 g/mol. The Kier molecular flexibility index (Phi) is 7.62. The Hall–Kier alpha value is -3.08. The first-order valence-electron chi connectivity index (χ1n) is 11.6. The molecule has 1 saturated carbocycles. The molecular formula is C28H32O5. The topological polar surface area (TPSA) is 77.5 Å². The van der Waals surface area contributed by atoms with Gasteiger partial charge in [0.15, 0.2) is 17.3 Å². The van der Waals surface area contributed by atoms with Crippen LogP contribution in [0.3, 0.4) is 0 Å². The molecule has 2 aromatic rings. The van der Waals surface area contributed by atoms with E-state index in [9.17, 15) is 19.2 Å². The summed E-state index contributed by atoms with van der Waals surface area (Å²) in [4.78, 5) is 54.4. The van der Waals surface area contributed by atoms with Crippen molar-refractivity contribution in [2.45, 2.75) is 53.1 Å². The standard InChI is InChI=1S/C28H32O5/c1-18(2)23-16-15-19(3)17-24(23)33-27(32)28(20(4)29,25(30)21-11-7-5-8-12-21)26(31)22-13-9-6-10-14-22/h5-14,18-19,23-24H,15-17H2,1-4H3/t19-,23-,24+/m0/s1. The predicted molar refractivity (Wildman–Crippen MR) is 126 cm³/mol. The zero-order valence-corrected chi connectivity index (χ0v) is 19.7. The van der Waals surface area contributed by atoms with E-state index in [-0.39, 0.29) is 23.0 Å². The van der Waals surface area contributed by atoms with Crippen molar-refractivity contribution in [3.63, 3.8) is 0 Å². The maximum absolute atomic E-state index is 13.8. The van der Waals surface area contributed by atoms with Crippen LogP contribution < -0.4 is 0 Å². The Balaban J connectivity index is 2.10. The van der Waals surface area contributed by atoms with Gasteiger partial charge in [-0.25, -0.2) is 4.79 Å². The van der Waals surface area contributed by atoms with Crippen molar-refractivity contribution in [2.75, 3.05) is 0 Å². The predicted octanol–water partition coefficient (Wildman–Crippen LogP) is 5.33. The number of ether oxygens (including phenoxy) is 1. The fourth-order valence-electron chi connectivity index (χ4n) is 4.84. The summed E-state index contributed by atoms with van der Waals surface area (Å²) in [6.45, 7) is 7.36. The lowest BCUT2D eigenvalue weighted by Crippen LogP contribution is -2.54. The SMILES string of the molecule is CC(=O)C(C(=O)O[C@@H]1C[C@@H](C)CC[C@H]1C(C)C)(C(=O)c1ccccc1)C(=O)c1ccccc1. The van der Waals surface area contributed by atoms with Crippen molar-refractivity contribution in [3.05, 3.63) is 71.8 Å². The van der Waals surface area contributed by atoms with Crippen LogP contribution in [0.25, 0.3) is 0 Å². The van der Waals surface area contributed by atoms with Crippen LogP contribution in [0.4, 0.5) is 0 Å². The number of carbonyl (C=O) groups is 4. The number of carbonyl (C=O) groups excluding carboxylic acids is 4. The van der Waals surface area contributed by atoms with Gasteiger partial charge in [0.1, 0.15) is 6.10 Å². The van der Waals surface area contributed by atoms with Gasteiger partial charge < -0.3 is 4.74 Å². The molecule has 0 aliphatic heterocycles. The van der Waals surface area contributed by atoms with E-state index in [0.717, 1.165) is 19.8 Å². The molecule has 1 aliphatic carbocycles. The van der Waals surface area contributed by atoms with Crippen LogP contribution in [0.15, 0.2) is 60.7 Å². The van der Waals surface area contributed by atoms with Gasteiger partial charge in [0.25, 0.3) is 5.41 Å². The van der Waals surface area contributed by atoms with Gasteiger partial charge in [-0.05, 0) is 37.5 Å². The number of esters is 1. The normalized spacial score (nSPS) is 20.8. The average molecular weight is 449 g/mol. The quantitative estimate of drug-likeness (QED) is 0.310. The van der Waals surface area contributed by atoms with Crippen LogP contribution in [0.2, 0.25) is 0 Å². The van der Waals surface area contributed by atoms with Gasteiger partial charge in [-0.2, -0.15) is 0 Å². The minimum atomic E-state index is -2.58. The second-order valence-electron chi connectivity index (χ2n) is 9.47. The fraction of sp³-hybridized carbons (Fsp3) is 0.429. The Labute approximate surface area is 195 Å². The van der Waals surface area contributed by atoms with Gasteiger partial charge >= 0.3 is 5.97 Å². The molecule has 0 spiro atoms. The first-order valence-corrected chi connectivity index (χ1v) is 11.6. The zero-order chi connectivity index (χ0) is 24.2. The largest absolute Gasteiger partial charge is 0.461 e. The van der Waals surface area contributed by atoms with Crippen molar-refractivity contribution in [1.82, 2.24) is 0 Å². The third kappa shape index (κ3) is 4.82. The van der Waals surface area contributed by atoms with Crippen LogP contribution in [-0.2, 0) is 14.3 Å². The Morgan fingerprint density at radius 1 is 0.848 bits per heavy atom. The molecule has 0 unspecified atom stereocenters. The van der Waals surface area contributed by atoms with Gasteiger partial charge in [-0.3, -0.25) is 14.4 Å². The van der Waals surface area contributed by atoms with Crippen molar-refractivity contribution >= 4 is 23.3 Å². The summed E-state index contributed by atoms with van der Waals surface area (Å²) in [7, 11) is 0. The molecule has 0 saturated heterocycles. The van der Waals surface area contributed by atoms with E-state index in [1.165, 1.54) is 24.3 Å². The van der Waals surface area contributed by atoms with E-state index in [4.69, 9.17) is 4.74 Å². The first kappa shape index (κ1) is 24.6. The molecule has 174 valence electrons. The van der Waals surface area contributed by atoms with Gasteiger partial charge in [-0.15, -0.1) is 0 Å². The number of ketones is 3. The molecule has 1 aliphatic rings. The molecule has 0 N–H and O–H groups in total. The number of benzene rings is 2. The fourth-order valence-corrected chi connectivity index (χ4v) is 4.84. The molecular weight excluding hydrogens is 416 g/mol. The van der Waals surface area contributed by atoms with Gasteiger partial charge in [0.05, 0.1) is 0 Å². The Bertz CT molecular complexity index is 958. The summed E-state index contributed by atoms with van der Waals surface area (Å²) >= 11 is 0. The Morgan fingerprint density at radius 2 is 1.33 bits per heavy atom. The second kappa shape index (κ2) is 10.2. The van der Waals surface area contributed by atoms with Crippen LogP contribution in [0, 0.1) is 23.2 Å². The molecule has 5 nitrogen and oxygen atoms in total. The van der Waals surface area contributed by atoms with Crippen LogP contribution in [-0.4, -0.2) is 29.4 Å². The molecule has 2 aromatic carbocycles. The molecule has 3 atom stereocenters. The molecule has 0 amide bonds. The lowest BCUT2D eigenvalue weighted by atomic mass is 9.71. The Morgan fingerprint density at radius 3 is 1.76 bits per heavy atom. The van der Waals surface area contributed by atoms with Crippen molar-refractivity contribution < 1.29 is 23.9 Å². The van der Waals surface area contributed by atoms with Crippen LogP contribution in [0.1, 0.15) is 67.7 Å². The maximum Gasteiger partial charge on any atom is 0.336 e. The molecule has 3 rings (SSSR count). The lowest BCUT2D eigenvalue weighted by Gasteiger charge is -2.38. The van der Waals surface area contributed by atoms with E-state index < -0.39 is 34.8 Å². The molecule has 1 fully saturated rings. The number of rotatable bonds is 8. The van der Waals surface area contributed by atoms with Crippen LogP contribution >= 0.6 is 0 Å². The minimum Gasteiger partial charge on any atom is -0.461 e. The van der Waals surface area contributed by atoms with E-state index in [2.05, 4.69) is 20.8 Å². The van der Waals surface area contributed by atoms with Crippen molar-refractivity contribution in [1.29, 1.82) is 0 Å².